The highest BCUT2D eigenvalue weighted by atomic mass is 19.1. The average Bonchev–Trinajstić information content (AvgIpc) is 2.47. The van der Waals surface area contributed by atoms with E-state index in [9.17, 15) is 4.39 Å². The molecule has 0 fully saturated rings. The van der Waals surface area contributed by atoms with Crippen LogP contribution >= 0.6 is 0 Å². The largest absolute Gasteiger partial charge is 0.493 e. The zero-order valence-electron chi connectivity index (χ0n) is 10.8. The monoisotopic (exact) mass is 262 g/mol. The third-order valence-corrected chi connectivity index (χ3v) is 2.91. The Kier molecular flexibility index (Phi) is 4.02. The van der Waals surface area contributed by atoms with Crippen LogP contribution in [0.4, 0.5) is 4.39 Å². The number of hydrogen-bond donors (Lipinski definition) is 1. The molecule has 2 aromatic carbocycles. The summed E-state index contributed by atoms with van der Waals surface area (Å²) in [5.74, 6) is 0.781. The summed E-state index contributed by atoms with van der Waals surface area (Å²) in [6, 6.07) is 9.70. The standard InChI is InChI=1S/C15H15FO3/c1-18-14-6-4-11(8-15(14)19-2)12-7-10(9-17)3-5-13(12)16/h3-8,17H,9H2,1-2H3. The summed E-state index contributed by atoms with van der Waals surface area (Å²) in [6.07, 6.45) is 0. The number of ether oxygens (including phenoxy) is 2. The van der Waals surface area contributed by atoms with Crippen molar-refractivity contribution >= 4 is 0 Å². The van der Waals surface area contributed by atoms with Gasteiger partial charge in [0.05, 0.1) is 20.8 Å². The fraction of sp³-hybridized carbons (Fsp3) is 0.200. The van der Waals surface area contributed by atoms with E-state index in [1.807, 2.05) is 0 Å². The lowest BCUT2D eigenvalue weighted by Gasteiger charge is -2.11. The molecule has 0 spiro atoms. The molecule has 4 heteroatoms. The molecule has 0 bridgehead atoms. The van der Waals surface area contributed by atoms with Crippen LogP contribution in [0.25, 0.3) is 11.1 Å². The number of methoxy groups -OCH3 is 2. The van der Waals surface area contributed by atoms with Crippen molar-refractivity contribution in [2.24, 2.45) is 0 Å². The fourth-order valence-corrected chi connectivity index (χ4v) is 1.90. The molecule has 0 aliphatic heterocycles. The quantitative estimate of drug-likeness (QED) is 0.920. The van der Waals surface area contributed by atoms with Crippen LogP contribution in [-0.4, -0.2) is 19.3 Å². The normalized spacial score (nSPS) is 10.3. The van der Waals surface area contributed by atoms with Gasteiger partial charge in [0.15, 0.2) is 11.5 Å². The van der Waals surface area contributed by atoms with Crippen molar-refractivity contribution in [2.45, 2.75) is 6.61 Å². The van der Waals surface area contributed by atoms with Crippen LogP contribution in [0.2, 0.25) is 0 Å². The van der Waals surface area contributed by atoms with Gasteiger partial charge in [0.2, 0.25) is 0 Å². The minimum absolute atomic E-state index is 0.124. The molecule has 0 unspecified atom stereocenters. The number of aliphatic hydroxyl groups excluding tert-OH is 1. The van der Waals surface area contributed by atoms with E-state index in [0.29, 0.717) is 28.2 Å². The van der Waals surface area contributed by atoms with E-state index in [1.165, 1.54) is 13.2 Å². The summed E-state index contributed by atoms with van der Waals surface area (Å²) >= 11 is 0. The van der Waals surface area contributed by atoms with E-state index in [2.05, 4.69) is 0 Å². The molecule has 2 rings (SSSR count). The third kappa shape index (κ3) is 2.69. The Morgan fingerprint density at radius 3 is 2.37 bits per heavy atom. The third-order valence-electron chi connectivity index (χ3n) is 2.91. The first kappa shape index (κ1) is 13.4. The molecular weight excluding hydrogens is 247 g/mol. The average molecular weight is 262 g/mol. The van der Waals surface area contributed by atoms with Gasteiger partial charge in [0, 0.05) is 5.56 Å². The van der Waals surface area contributed by atoms with Crippen LogP contribution < -0.4 is 9.47 Å². The predicted molar refractivity (Wildman–Crippen MR) is 70.9 cm³/mol. The van der Waals surface area contributed by atoms with E-state index >= 15 is 0 Å². The second kappa shape index (κ2) is 5.71. The van der Waals surface area contributed by atoms with Crippen molar-refractivity contribution in [1.29, 1.82) is 0 Å². The topological polar surface area (TPSA) is 38.7 Å². The second-order valence-corrected chi connectivity index (χ2v) is 4.04. The molecule has 0 amide bonds. The molecule has 2 aromatic rings. The van der Waals surface area contributed by atoms with Crippen molar-refractivity contribution in [3.8, 4) is 22.6 Å². The Morgan fingerprint density at radius 1 is 1.00 bits per heavy atom. The maximum atomic E-state index is 13.9. The van der Waals surface area contributed by atoms with Crippen molar-refractivity contribution in [1.82, 2.24) is 0 Å². The summed E-state index contributed by atoms with van der Waals surface area (Å²) in [5, 5.41) is 9.12. The van der Waals surface area contributed by atoms with Gasteiger partial charge in [-0.05, 0) is 35.4 Å². The van der Waals surface area contributed by atoms with Gasteiger partial charge in [-0.25, -0.2) is 4.39 Å². The highest BCUT2D eigenvalue weighted by Crippen LogP contribution is 2.33. The van der Waals surface area contributed by atoms with Crippen LogP contribution in [0.15, 0.2) is 36.4 Å². The molecular formula is C15H15FO3. The lowest BCUT2D eigenvalue weighted by atomic mass is 10.0. The Balaban J connectivity index is 2.52. The smallest absolute Gasteiger partial charge is 0.161 e. The summed E-state index contributed by atoms with van der Waals surface area (Å²) in [6.45, 7) is -0.124. The molecule has 0 atom stereocenters. The molecule has 0 aromatic heterocycles. The van der Waals surface area contributed by atoms with Crippen molar-refractivity contribution in [3.05, 3.63) is 47.8 Å². The first-order valence-electron chi connectivity index (χ1n) is 5.81. The number of benzene rings is 2. The minimum atomic E-state index is -0.343. The van der Waals surface area contributed by atoms with E-state index in [4.69, 9.17) is 14.6 Å². The molecule has 0 heterocycles. The van der Waals surface area contributed by atoms with Gasteiger partial charge in [0.25, 0.3) is 0 Å². The van der Waals surface area contributed by atoms with Gasteiger partial charge in [0.1, 0.15) is 5.82 Å². The summed E-state index contributed by atoms with van der Waals surface area (Å²) < 4.78 is 24.2. The van der Waals surface area contributed by atoms with Gasteiger partial charge < -0.3 is 14.6 Å². The number of hydrogen-bond acceptors (Lipinski definition) is 3. The Bertz CT molecular complexity index is 582. The summed E-state index contributed by atoms with van der Waals surface area (Å²) in [7, 11) is 3.08. The molecule has 0 saturated heterocycles. The van der Waals surface area contributed by atoms with E-state index < -0.39 is 0 Å². The Hall–Kier alpha value is -2.07. The van der Waals surface area contributed by atoms with Gasteiger partial charge in [-0.1, -0.05) is 12.1 Å². The zero-order valence-corrected chi connectivity index (χ0v) is 10.8. The summed E-state index contributed by atoms with van der Waals surface area (Å²) in [5.41, 5.74) is 1.75. The molecule has 100 valence electrons. The van der Waals surface area contributed by atoms with E-state index in [-0.39, 0.29) is 12.4 Å². The van der Waals surface area contributed by atoms with E-state index in [0.717, 1.165) is 0 Å². The van der Waals surface area contributed by atoms with Crippen molar-refractivity contribution < 1.29 is 19.0 Å². The molecule has 0 saturated carbocycles. The Morgan fingerprint density at radius 2 is 1.74 bits per heavy atom. The number of halogens is 1. The van der Waals surface area contributed by atoms with Crippen molar-refractivity contribution in [3.63, 3.8) is 0 Å². The fourth-order valence-electron chi connectivity index (χ4n) is 1.90. The maximum absolute atomic E-state index is 13.9. The molecule has 0 aliphatic carbocycles. The van der Waals surface area contributed by atoms with Gasteiger partial charge in [-0.2, -0.15) is 0 Å². The molecule has 1 N–H and O–H groups in total. The summed E-state index contributed by atoms with van der Waals surface area (Å²) in [4.78, 5) is 0. The highest BCUT2D eigenvalue weighted by molar-refractivity contribution is 5.68. The minimum Gasteiger partial charge on any atom is -0.493 e. The molecule has 3 nitrogen and oxygen atoms in total. The van der Waals surface area contributed by atoms with Crippen LogP contribution in [-0.2, 0) is 6.61 Å². The predicted octanol–water partition coefficient (Wildman–Crippen LogP) is 3.00. The molecule has 0 aliphatic rings. The van der Waals surface area contributed by atoms with Crippen molar-refractivity contribution in [2.75, 3.05) is 14.2 Å². The number of rotatable bonds is 4. The second-order valence-electron chi connectivity index (χ2n) is 4.04. The first-order chi connectivity index (χ1) is 9.19. The molecule has 19 heavy (non-hydrogen) atoms. The number of aliphatic hydroxyl groups is 1. The highest BCUT2D eigenvalue weighted by Gasteiger charge is 2.10. The van der Waals surface area contributed by atoms with Gasteiger partial charge in [-0.3, -0.25) is 0 Å². The molecule has 0 radical (unpaired) electrons. The van der Waals surface area contributed by atoms with E-state index in [1.54, 1.807) is 37.4 Å². The van der Waals surface area contributed by atoms with Crippen LogP contribution in [0.1, 0.15) is 5.56 Å². The van der Waals surface area contributed by atoms with Gasteiger partial charge >= 0.3 is 0 Å². The Labute approximate surface area is 111 Å². The van der Waals surface area contributed by atoms with Gasteiger partial charge in [-0.15, -0.1) is 0 Å². The first-order valence-corrected chi connectivity index (χ1v) is 5.81. The SMILES string of the molecule is COc1ccc(-c2cc(CO)ccc2F)cc1OC. The lowest BCUT2D eigenvalue weighted by molar-refractivity contribution is 0.282. The maximum Gasteiger partial charge on any atom is 0.161 e. The zero-order chi connectivity index (χ0) is 13.8. The van der Waals surface area contributed by atoms with Crippen LogP contribution in [0.3, 0.4) is 0 Å². The lowest BCUT2D eigenvalue weighted by Crippen LogP contribution is -1.93. The van der Waals surface area contributed by atoms with Crippen LogP contribution in [0.5, 0.6) is 11.5 Å². The van der Waals surface area contributed by atoms with Crippen LogP contribution in [0, 0.1) is 5.82 Å².